The summed E-state index contributed by atoms with van der Waals surface area (Å²) in [6, 6.07) is 12.7. The van der Waals surface area contributed by atoms with E-state index in [2.05, 4.69) is 0 Å². The largest absolute Gasteiger partial charge is 0.489 e. The number of hydrogen-bond donors (Lipinski definition) is 0. The lowest BCUT2D eigenvalue weighted by Gasteiger charge is -2.13. The molecular weight excluding hydrogens is 268 g/mol. The van der Waals surface area contributed by atoms with Gasteiger partial charge in [0.2, 0.25) is 0 Å². The highest BCUT2D eigenvalue weighted by atomic mass is 16.5. The molecule has 1 aliphatic rings. The molecule has 0 aliphatic carbocycles. The molecule has 0 radical (unpaired) electrons. The monoisotopic (exact) mass is 282 g/mol. The number of fused-ring (bicyclic) bond motifs is 2. The van der Waals surface area contributed by atoms with Gasteiger partial charge < -0.3 is 14.3 Å². The van der Waals surface area contributed by atoms with E-state index in [-0.39, 0.29) is 0 Å². The molecule has 0 fully saturated rings. The molecule has 4 heteroatoms. The summed E-state index contributed by atoms with van der Waals surface area (Å²) >= 11 is 0. The van der Waals surface area contributed by atoms with Gasteiger partial charge in [-0.05, 0) is 29.3 Å². The fourth-order valence-electron chi connectivity index (χ4n) is 2.61. The van der Waals surface area contributed by atoms with E-state index in [4.69, 9.17) is 9.47 Å². The SMILES string of the molecule is COC(=O)c1ccc2c(c1)C(C=O)c1ccccc1CO2. The van der Waals surface area contributed by atoms with Crippen LogP contribution in [0.15, 0.2) is 42.5 Å². The van der Waals surface area contributed by atoms with Crippen LogP contribution in [0.2, 0.25) is 0 Å². The van der Waals surface area contributed by atoms with Crippen LogP contribution in [0.1, 0.15) is 33.0 Å². The predicted molar refractivity (Wildman–Crippen MR) is 76.5 cm³/mol. The molecule has 21 heavy (non-hydrogen) atoms. The Balaban J connectivity index is 2.16. The van der Waals surface area contributed by atoms with Crippen molar-refractivity contribution in [3.8, 4) is 5.75 Å². The standard InChI is InChI=1S/C17H14O4/c1-20-17(19)11-6-7-16-14(8-11)15(9-18)13-5-3-2-4-12(13)10-21-16/h2-9,15H,10H2,1H3. The molecule has 106 valence electrons. The third-order valence-corrected chi connectivity index (χ3v) is 3.68. The number of esters is 1. The van der Waals surface area contributed by atoms with Crippen molar-refractivity contribution in [1.82, 2.24) is 0 Å². The maximum Gasteiger partial charge on any atom is 0.337 e. The average Bonchev–Trinajstić information content (AvgIpc) is 2.69. The average molecular weight is 282 g/mol. The van der Waals surface area contributed by atoms with Gasteiger partial charge in [0.15, 0.2) is 0 Å². The smallest absolute Gasteiger partial charge is 0.337 e. The highest BCUT2D eigenvalue weighted by Crippen LogP contribution is 2.36. The van der Waals surface area contributed by atoms with Gasteiger partial charge >= 0.3 is 5.97 Å². The third kappa shape index (κ3) is 2.29. The molecule has 0 bridgehead atoms. The van der Waals surface area contributed by atoms with Crippen molar-refractivity contribution in [2.75, 3.05) is 7.11 Å². The van der Waals surface area contributed by atoms with Crippen LogP contribution in [0.3, 0.4) is 0 Å². The lowest BCUT2D eigenvalue weighted by Crippen LogP contribution is -2.07. The van der Waals surface area contributed by atoms with Crippen molar-refractivity contribution in [2.45, 2.75) is 12.5 Å². The second-order valence-corrected chi connectivity index (χ2v) is 4.85. The fourth-order valence-corrected chi connectivity index (χ4v) is 2.61. The van der Waals surface area contributed by atoms with E-state index >= 15 is 0 Å². The molecule has 1 unspecified atom stereocenters. The molecule has 1 heterocycles. The highest BCUT2D eigenvalue weighted by molar-refractivity contribution is 5.90. The van der Waals surface area contributed by atoms with Crippen LogP contribution < -0.4 is 4.74 Å². The lowest BCUT2D eigenvalue weighted by molar-refractivity contribution is -0.108. The Morgan fingerprint density at radius 1 is 1.24 bits per heavy atom. The van der Waals surface area contributed by atoms with Crippen LogP contribution in [-0.4, -0.2) is 19.4 Å². The number of carbonyl (C=O) groups is 2. The first-order chi connectivity index (χ1) is 10.2. The molecular formula is C17H14O4. The Bertz CT molecular complexity index is 706. The maximum absolute atomic E-state index is 11.7. The lowest BCUT2D eigenvalue weighted by atomic mass is 9.89. The van der Waals surface area contributed by atoms with Crippen LogP contribution in [0, 0.1) is 0 Å². The summed E-state index contributed by atoms with van der Waals surface area (Å²) in [5.41, 5.74) is 2.99. The van der Waals surface area contributed by atoms with Gasteiger partial charge in [0.1, 0.15) is 18.6 Å². The van der Waals surface area contributed by atoms with Crippen LogP contribution in [0.25, 0.3) is 0 Å². The van der Waals surface area contributed by atoms with E-state index in [1.54, 1.807) is 18.2 Å². The number of benzene rings is 2. The molecule has 2 aromatic carbocycles. The van der Waals surface area contributed by atoms with Crippen molar-refractivity contribution in [3.05, 3.63) is 64.7 Å². The Morgan fingerprint density at radius 2 is 2.05 bits per heavy atom. The van der Waals surface area contributed by atoms with Gasteiger partial charge in [-0.15, -0.1) is 0 Å². The first-order valence-corrected chi connectivity index (χ1v) is 6.62. The molecule has 0 saturated heterocycles. The first kappa shape index (κ1) is 13.4. The quantitative estimate of drug-likeness (QED) is 0.627. The van der Waals surface area contributed by atoms with E-state index in [9.17, 15) is 9.59 Å². The van der Waals surface area contributed by atoms with Gasteiger partial charge in [-0.25, -0.2) is 4.79 Å². The number of carbonyl (C=O) groups excluding carboxylic acids is 2. The van der Waals surface area contributed by atoms with Gasteiger partial charge in [0.25, 0.3) is 0 Å². The minimum atomic E-state index is -0.441. The molecule has 2 aromatic rings. The zero-order valence-electron chi connectivity index (χ0n) is 11.5. The summed E-state index contributed by atoms with van der Waals surface area (Å²) in [5.74, 6) is -0.251. The molecule has 0 aromatic heterocycles. The summed E-state index contributed by atoms with van der Waals surface area (Å²) in [7, 11) is 1.33. The molecule has 4 nitrogen and oxygen atoms in total. The van der Waals surface area contributed by atoms with E-state index in [1.807, 2.05) is 24.3 Å². The van der Waals surface area contributed by atoms with E-state index < -0.39 is 11.9 Å². The fraction of sp³-hybridized carbons (Fsp3) is 0.176. The topological polar surface area (TPSA) is 52.6 Å². The minimum absolute atomic E-state index is 0.408. The number of rotatable bonds is 2. The summed E-state index contributed by atoms with van der Waals surface area (Å²) < 4.78 is 10.5. The summed E-state index contributed by atoms with van der Waals surface area (Å²) in [4.78, 5) is 23.3. The predicted octanol–water partition coefficient (Wildman–Crippen LogP) is 2.70. The van der Waals surface area contributed by atoms with Gasteiger partial charge in [-0.1, -0.05) is 24.3 Å². The zero-order valence-corrected chi connectivity index (χ0v) is 11.5. The van der Waals surface area contributed by atoms with Crippen molar-refractivity contribution in [1.29, 1.82) is 0 Å². The van der Waals surface area contributed by atoms with E-state index in [0.717, 1.165) is 17.4 Å². The molecule has 0 saturated carbocycles. The van der Waals surface area contributed by atoms with Gasteiger partial charge in [-0.2, -0.15) is 0 Å². The summed E-state index contributed by atoms with van der Waals surface area (Å²) in [5, 5.41) is 0. The first-order valence-electron chi connectivity index (χ1n) is 6.62. The summed E-state index contributed by atoms with van der Waals surface area (Å²) in [6.45, 7) is 0.408. The molecule has 0 N–H and O–H groups in total. The van der Waals surface area contributed by atoms with Crippen molar-refractivity contribution in [2.24, 2.45) is 0 Å². The van der Waals surface area contributed by atoms with Crippen LogP contribution in [0.5, 0.6) is 5.75 Å². The Kier molecular flexibility index (Phi) is 3.44. The molecule has 0 spiro atoms. The van der Waals surface area contributed by atoms with E-state index in [0.29, 0.717) is 23.5 Å². The van der Waals surface area contributed by atoms with Gasteiger partial charge in [-0.3, -0.25) is 0 Å². The highest BCUT2D eigenvalue weighted by Gasteiger charge is 2.25. The van der Waals surface area contributed by atoms with Gasteiger partial charge in [0.05, 0.1) is 18.6 Å². The molecule has 3 rings (SSSR count). The normalized spacial score (nSPS) is 16.0. The summed E-state index contributed by atoms with van der Waals surface area (Å²) in [6.07, 6.45) is 0.882. The maximum atomic E-state index is 11.7. The van der Waals surface area contributed by atoms with Crippen molar-refractivity contribution < 1.29 is 19.1 Å². The Morgan fingerprint density at radius 3 is 2.81 bits per heavy atom. The van der Waals surface area contributed by atoms with Gasteiger partial charge in [0, 0.05) is 5.56 Å². The number of aldehydes is 1. The van der Waals surface area contributed by atoms with Crippen molar-refractivity contribution in [3.63, 3.8) is 0 Å². The van der Waals surface area contributed by atoms with Crippen LogP contribution >= 0.6 is 0 Å². The molecule has 1 atom stereocenters. The van der Waals surface area contributed by atoms with Crippen LogP contribution in [0.4, 0.5) is 0 Å². The zero-order chi connectivity index (χ0) is 14.8. The minimum Gasteiger partial charge on any atom is -0.489 e. The number of hydrogen-bond acceptors (Lipinski definition) is 4. The molecule has 1 aliphatic heterocycles. The third-order valence-electron chi connectivity index (χ3n) is 3.68. The Labute approximate surface area is 122 Å². The van der Waals surface area contributed by atoms with Crippen molar-refractivity contribution >= 4 is 12.3 Å². The van der Waals surface area contributed by atoms with Crippen LogP contribution in [-0.2, 0) is 16.1 Å². The second-order valence-electron chi connectivity index (χ2n) is 4.85. The second kappa shape index (κ2) is 5.40. The number of ether oxygens (including phenoxy) is 2. The Hall–Kier alpha value is -2.62. The number of methoxy groups -OCH3 is 1. The van der Waals surface area contributed by atoms with E-state index in [1.165, 1.54) is 7.11 Å². The molecule has 0 amide bonds.